The van der Waals surface area contributed by atoms with Gasteiger partial charge in [-0.1, -0.05) is 0 Å². The van der Waals surface area contributed by atoms with Gasteiger partial charge in [0.1, 0.15) is 5.78 Å². The first-order valence-electron chi connectivity index (χ1n) is 5.22. The normalized spacial score (nSPS) is 27.7. The summed E-state index contributed by atoms with van der Waals surface area (Å²) in [7, 11) is 0. The lowest BCUT2D eigenvalue weighted by Crippen LogP contribution is -2.63. The Bertz CT molecular complexity index is 548. The average Bonchev–Trinajstić information content (AvgIpc) is 2.21. The smallest absolute Gasteiger partial charge is 0.300 e. The maximum atomic E-state index is 13.5. The van der Waals surface area contributed by atoms with Crippen LogP contribution in [0.2, 0.25) is 0 Å². The Labute approximate surface area is 115 Å². The van der Waals surface area contributed by atoms with E-state index in [1.54, 1.807) is 0 Å². The molecule has 22 heavy (non-hydrogen) atoms. The molecule has 0 N–H and O–H groups in total. The summed E-state index contributed by atoms with van der Waals surface area (Å²) in [6, 6.07) is 0. The molecule has 0 bridgehead atoms. The molecule has 0 aromatic rings. The van der Waals surface area contributed by atoms with Gasteiger partial charge in [0.25, 0.3) is 5.41 Å². The molecule has 0 fully saturated rings. The molecule has 1 unspecified atom stereocenters. The predicted octanol–water partition coefficient (Wildman–Crippen LogP) is 3.45. The summed E-state index contributed by atoms with van der Waals surface area (Å²) in [5.74, 6) is -11.6. The molecule has 0 aliphatic carbocycles. The number of ether oxygens (including phenoxy) is 1. The van der Waals surface area contributed by atoms with Crippen LogP contribution >= 0.6 is 0 Å². The topological polar surface area (TPSA) is 43.4 Å². The van der Waals surface area contributed by atoms with Crippen LogP contribution in [0.1, 0.15) is 13.3 Å². The number of carbonyl (C=O) groups is 2. The number of ketones is 2. The molecule has 1 aliphatic heterocycles. The molecule has 0 radical (unpaired) electrons. The molecule has 1 atom stereocenters. The summed E-state index contributed by atoms with van der Waals surface area (Å²) in [5, 5.41) is 0. The number of alkyl halides is 7. The summed E-state index contributed by atoms with van der Waals surface area (Å²) in [6.07, 6.45) is -20.3. The molecule has 3 nitrogen and oxygen atoms in total. The lowest BCUT2D eigenvalue weighted by Gasteiger charge is -2.42. The molecule has 1 rings (SSSR count). The van der Waals surface area contributed by atoms with Crippen LogP contribution in [0.15, 0.2) is 11.7 Å². The molecule has 0 saturated heterocycles. The zero-order chi connectivity index (χ0) is 17.7. The molecule has 1 heterocycles. The van der Waals surface area contributed by atoms with Gasteiger partial charge < -0.3 is 0 Å². The molecule has 0 aromatic heterocycles. The lowest BCUT2D eigenvalue weighted by molar-refractivity contribution is -0.436. The fourth-order valence-electron chi connectivity index (χ4n) is 1.79. The van der Waals surface area contributed by atoms with Gasteiger partial charge in [-0.15, -0.1) is 0 Å². The van der Waals surface area contributed by atoms with E-state index in [1.807, 2.05) is 0 Å². The molecular weight excluding hydrogens is 339 g/mol. The highest BCUT2D eigenvalue weighted by Gasteiger charge is 2.83. The average molecular weight is 344 g/mol. The minimum absolute atomic E-state index is 0.496. The molecule has 12 heteroatoms. The Morgan fingerprint density at radius 3 is 1.86 bits per heavy atom. The van der Waals surface area contributed by atoms with E-state index in [2.05, 4.69) is 4.74 Å². The van der Waals surface area contributed by atoms with E-state index in [0.29, 0.717) is 6.92 Å². The minimum Gasteiger partial charge on any atom is -0.300 e. The van der Waals surface area contributed by atoms with E-state index in [4.69, 9.17) is 0 Å². The fraction of sp³-hybridized carbons (Fsp3) is 0.600. The highest BCUT2D eigenvalue weighted by Crippen LogP contribution is 2.62. The zero-order valence-corrected chi connectivity index (χ0v) is 10.3. The number of halogens is 9. The van der Waals surface area contributed by atoms with Gasteiger partial charge in [-0.3, -0.25) is 9.59 Å². The molecule has 1 aliphatic rings. The SMILES string of the molecule is CC(=O)CC(=O)C1(C(F)(F)F)C(F)=C(F)C(F)(F)OC1(F)F. The largest absolute Gasteiger partial charge is 0.416 e. The van der Waals surface area contributed by atoms with Crippen LogP contribution in [0.5, 0.6) is 0 Å². The molecule has 0 aromatic carbocycles. The zero-order valence-electron chi connectivity index (χ0n) is 10.3. The number of carbonyl (C=O) groups excluding carboxylic acids is 2. The summed E-state index contributed by atoms with van der Waals surface area (Å²) in [4.78, 5) is 22.0. The number of rotatable bonds is 3. The van der Waals surface area contributed by atoms with E-state index in [1.165, 1.54) is 0 Å². The number of hydrogen-bond donors (Lipinski definition) is 0. The maximum absolute atomic E-state index is 13.5. The first-order chi connectivity index (χ1) is 9.61. The Kier molecular flexibility index (Phi) is 4.16. The summed E-state index contributed by atoms with van der Waals surface area (Å²) in [6.45, 7) is 0.496. The second-order valence-electron chi connectivity index (χ2n) is 4.31. The van der Waals surface area contributed by atoms with Gasteiger partial charge in [-0.25, -0.2) is 9.13 Å². The molecular formula is C10H5F9O3. The third-order valence-electron chi connectivity index (χ3n) is 2.72. The number of hydrogen-bond acceptors (Lipinski definition) is 3. The van der Waals surface area contributed by atoms with Crippen molar-refractivity contribution < 1.29 is 53.8 Å². The van der Waals surface area contributed by atoms with Crippen molar-refractivity contribution in [3.05, 3.63) is 11.7 Å². The van der Waals surface area contributed by atoms with Crippen molar-refractivity contribution in [2.75, 3.05) is 0 Å². The number of Topliss-reactive ketones (excluding diaryl/α,β-unsaturated/α-hetero) is 2. The van der Waals surface area contributed by atoms with Crippen molar-refractivity contribution in [2.24, 2.45) is 5.41 Å². The van der Waals surface area contributed by atoms with Crippen LogP contribution in [-0.2, 0) is 14.3 Å². The highest BCUT2D eigenvalue weighted by atomic mass is 19.4. The quantitative estimate of drug-likeness (QED) is 0.582. The van der Waals surface area contributed by atoms with E-state index >= 15 is 0 Å². The van der Waals surface area contributed by atoms with Crippen molar-refractivity contribution in [1.29, 1.82) is 0 Å². The lowest BCUT2D eigenvalue weighted by atomic mass is 9.76. The second kappa shape index (κ2) is 4.96. The van der Waals surface area contributed by atoms with E-state index < -0.39 is 53.4 Å². The van der Waals surface area contributed by atoms with Crippen LogP contribution in [0.4, 0.5) is 39.5 Å². The predicted molar refractivity (Wildman–Crippen MR) is 49.0 cm³/mol. The Balaban J connectivity index is 3.79. The van der Waals surface area contributed by atoms with E-state index in [0.717, 1.165) is 0 Å². The highest BCUT2D eigenvalue weighted by molar-refractivity contribution is 6.03. The van der Waals surface area contributed by atoms with Crippen LogP contribution in [0, 0.1) is 5.41 Å². The Morgan fingerprint density at radius 2 is 1.50 bits per heavy atom. The standard InChI is InChI=1S/C10H5F9O3/c1-3(20)2-4(21)7(9(15,16)17)5(11)6(12)8(13,14)22-10(7,18)19/h2H2,1H3. The third kappa shape index (κ3) is 2.38. The van der Waals surface area contributed by atoms with Crippen LogP contribution in [0.25, 0.3) is 0 Å². The molecule has 126 valence electrons. The first-order valence-corrected chi connectivity index (χ1v) is 5.22. The van der Waals surface area contributed by atoms with Crippen molar-refractivity contribution in [1.82, 2.24) is 0 Å². The molecule has 0 amide bonds. The van der Waals surface area contributed by atoms with Crippen LogP contribution in [0.3, 0.4) is 0 Å². The molecule has 0 saturated carbocycles. The first kappa shape index (κ1) is 18.5. The van der Waals surface area contributed by atoms with Crippen LogP contribution < -0.4 is 0 Å². The summed E-state index contributed by atoms with van der Waals surface area (Å²) in [5.41, 5.74) is -5.67. The van der Waals surface area contributed by atoms with Crippen LogP contribution in [-0.4, -0.2) is 30.0 Å². The van der Waals surface area contributed by atoms with Crippen molar-refractivity contribution >= 4 is 11.6 Å². The van der Waals surface area contributed by atoms with E-state index in [9.17, 15) is 49.1 Å². The van der Waals surface area contributed by atoms with Gasteiger partial charge in [0, 0.05) is 0 Å². The second-order valence-corrected chi connectivity index (χ2v) is 4.31. The summed E-state index contributed by atoms with van der Waals surface area (Å²) >= 11 is 0. The van der Waals surface area contributed by atoms with Gasteiger partial charge in [0.05, 0.1) is 6.42 Å². The van der Waals surface area contributed by atoms with Gasteiger partial charge in [0.2, 0.25) is 5.83 Å². The van der Waals surface area contributed by atoms with Crippen molar-refractivity contribution in [2.45, 2.75) is 31.7 Å². The van der Waals surface area contributed by atoms with Gasteiger partial charge in [-0.05, 0) is 6.92 Å². The van der Waals surface area contributed by atoms with E-state index in [-0.39, 0.29) is 0 Å². The maximum Gasteiger partial charge on any atom is 0.416 e. The third-order valence-corrected chi connectivity index (χ3v) is 2.72. The summed E-state index contributed by atoms with van der Waals surface area (Å²) < 4.78 is 120. The monoisotopic (exact) mass is 344 g/mol. The van der Waals surface area contributed by atoms with Gasteiger partial charge in [0.15, 0.2) is 11.6 Å². The Morgan fingerprint density at radius 1 is 1.05 bits per heavy atom. The van der Waals surface area contributed by atoms with Crippen molar-refractivity contribution in [3.63, 3.8) is 0 Å². The van der Waals surface area contributed by atoms with Crippen molar-refractivity contribution in [3.8, 4) is 0 Å². The van der Waals surface area contributed by atoms with Gasteiger partial charge in [-0.2, -0.15) is 35.1 Å². The fourth-order valence-corrected chi connectivity index (χ4v) is 1.79. The Hall–Kier alpha value is -1.59. The molecule has 0 spiro atoms. The van der Waals surface area contributed by atoms with Gasteiger partial charge >= 0.3 is 18.4 Å². The minimum atomic E-state index is -6.55.